The van der Waals surface area contributed by atoms with Gasteiger partial charge >= 0.3 is 5.97 Å². The number of aliphatic hydroxyl groups excluding tert-OH is 5. The molecule has 7 nitrogen and oxygen atoms in total. The van der Waals surface area contributed by atoms with Crippen LogP contribution >= 0.6 is 0 Å². The summed E-state index contributed by atoms with van der Waals surface area (Å²) in [6, 6.07) is 0. The van der Waals surface area contributed by atoms with Crippen LogP contribution < -0.4 is 0 Å². The first kappa shape index (κ1) is 14.3. The van der Waals surface area contributed by atoms with Crippen LogP contribution in [0.2, 0.25) is 0 Å². The third kappa shape index (κ3) is 4.54. The number of hydrogen-bond acceptors (Lipinski definition) is 7. The highest BCUT2D eigenvalue weighted by molar-refractivity contribution is 5.66. The molecule has 0 aliphatic rings. The fourth-order valence-corrected chi connectivity index (χ4v) is 0.998. The summed E-state index contributed by atoms with van der Waals surface area (Å²) in [6.07, 6.45) is -6.23. The van der Waals surface area contributed by atoms with Crippen molar-refractivity contribution in [3.63, 3.8) is 0 Å². The molecule has 0 amide bonds. The first-order valence-corrected chi connectivity index (χ1v) is 4.37. The van der Waals surface area contributed by atoms with Gasteiger partial charge in [0.2, 0.25) is 0 Å². The molecule has 0 aromatic rings. The van der Waals surface area contributed by atoms with Crippen molar-refractivity contribution in [2.45, 2.75) is 31.3 Å². The first-order chi connectivity index (χ1) is 6.93. The minimum Gasteiger partial charge on any atom is -0.457 e. The van der Waals surface area contributed by atoms with E-state index in [0.717, 1.165) is 6.92 Å². The molecule has 15 heavy (non-hydrogen) atoms. The summed E-state index contributed by atoms with van der Waals surface area (Å²) in [7, 11) is 0. The fourth-order valence-electron chi connectivity index (χ4n) is 0.998. The summed E-state index contributed by atoms with van der Waals surface area (Å²) >= 11 is 0. The van der Waals surface area contributed by atoms with Gasteiger partial charge in [0.1, 0.15) is 18.3 Å². The van der Waals surface area contributed by atoms with Crippen molar-refractivity contribution >= 4 is 5.97 Å². The van der Waals surface area contributed by atoms with Crippen molar-refractivity contribution in [2.75, 3.05) is 13.2 Å². The second-order valence-corrected chi connectivity index (χ2v) is 3.06. The van der Waals surface area contributed by atoms with E-state index in [1.807, 2.05) is 0 Å². The highest BCUT2D eigenvalue weighted by Crippen LogP contribution is 2.09. The zero-order chi connectivity index (χ0) is 12.0. The summed E-state index contributed by atoms with van der Waals surface area (Å²) < 4.78 is 4.52. The molecule has 90 valence electrons. The van der Waals surface area contributed by atoms with Crippen LogP contribution in [0.5, 0.6) is 0 Å². The third-order valence-electron chi connectivity index (χ3n) is 1.79. The van der Waals surface area contributed by atoms with Gasteiger partial charge in [-0.2, -0.15) is 0 Å². The maximum atomic E-state index is 10.6. The molecule has 0 radical (unpaired) electrons. The molecule has 0 heterocycles. The lowest BCUT2D eigenvalue weighted by Gasteiger charge is -2.28. The molecule has 0 spiro atoms. The van der Waals surface area contributed by atoms with Crippen LogP contribution in [-0.2, 0) is 9.53 Å². The fraction of sp³-hybridized carbons (Fsp3) is 0.875. The van der Waals surface area contributed by atoms with Crippen molar-refractivity contribution in [1.82, 2.24) is 0 Å². The number of carbonyl (C=O) groups is 1. The summed E-state index contributed by atoms with van der Waals surface area (Å²) in [5.74, 6) is -0.781. The van der Waals surface area contributed by atoms with Gasteiger partial charge in [-0.3, -0.25) is 4.79 Å². The van der Waals surface area contributed by atoms with E-state index in [4.69, 9.17) is 15.3 Å². The summed E-state index contributed by atoms with van der Waals surface area (Å²) in [5, 5.41) is 44.8. The van der Waals surface area contributed by atoms with E-state index < -0.39 is 43.6 Å². The van der Waals surface area contributed by atoms with E-state index in [9.17, 15) is 15.0 Å². The molecular formula is C8H16O7. The van der Waals surface area contributed by atoms with Crippen LogP contribution in [0.1, 0.15) is 6.92 Å². The molecule has 5 N–H and O–H groups in total. The first-order valence-electron chi connectivity index (χ1n) is 4.37. The van der Waals surface area contributed by atoms with Crippen molar-refractivity contribution in [3.8, 4) is 0 Å². The van der Waals surface area contributed by atoms with Crippen LogP contribution in [0, 0.1) is 0 Å². The average molecular weight is 224 g/mol. The average Bonchev–Trinajstić information content (AvgIpc) is 2.22. The second-order valence-electron chi connectivity index (χ2n) is 3.06. The largest absolute Gasteiger partial charge is 0.457 e. The SMILES string of the molecule is CC(=O)O[C@@H]([C@H](O)[C@@H](O)CO)[C@H](O)CO. The Hall–Kier alpha value is -0.730. The minimum absolute atomic E-state index is 0.743. The molecular weight excluding hydrogens is 208 g/mol. The Kier molecular flexibility index (Phi) is 6.37. The number of hydrogen-bond donors (Lipinski definition) is 5. The van der Waals surface area contributed by atoms with Crippen molar-refractivity contribution in [1.29, 1.82) is 0 Å². The molecule has 7 heteroatoms. The molecule has 0 rings (SSSR count). The molecule has 4 atom stereocenters. The molecule has 0 saturated carbocycles. The molecule has 0 aromatic carbocycles. The Balaban J connectivity index is 4.53. The van der Waals surface area contributed by atoms with Crippen molar-refractivity contribution < 1.29 is 35.1 Å². The minimum atomic E-state index is -1.67. The van der Waals surface area contributed by atoms with Gasteiger partial charge in [0, 0.05) is 6.92 Å². The van der Waals surface area contributed by atoms with E-state index in [0.29, 0.717) is 0 Å². The zero-order valence-corrected chi connectivity index (χ0v) is 8.28. The lowest BCUT2D eigenvalue weighted by Crippen LogP contribution is -2.49. The number of aliphatic hydroxyl groups is 5. The van der Waals surface area contributed by atoms with Gasteiger partial charge in [0.05, 0.1) is 13.2 Å². The molecule has 0 saturated heterocycles. The van der Waals surface area contributed by atoms with Gasteiger partial charge in [-0.15, -0.1) is 0 Å². The Bertz CT molecular complexity index is 195. The molecule has 0 unspecified atom stereocenters. The topological polar surface area (TPSA) is 127 Å². The van der Waals surface area contributed by atoms with E-state index >= 15 is 0 Å². The Morgan fingerprint density at radius 3 is 1.93 bits per heavy atom. The van der Waals surface area contributed by atoms with Gasteiger partial charge in [0.15, 0.2) is 6.10 Å². The lowest BCUT2D eigenvalue weighted by atomic mass is 10.0. The van der Waals surface area contributed by atoms with Gasteiger partial charge < -0.3 is 30.3 Å². The third-order valence-corrected chi connectivity index (χ3v) is 1.79. The second kappa shape index (κ2) is 6.70. The number of rotatable bonds is 6. The van der Waals surface area contributed by atoms with Gasteiger partial charge in [0.25, 0.3) is 0 Å². The van der Waals surface area contributed by atoms with Crippen LogP contribution in [0.25, 0.3) is 0 Å². The van der Waals surface area contributed by atoms with Crippen molar-refractivity contribution in [3.05, 3.63) is 0 Å². The van der Waals surface area contributed by atoms with Crippen LogP contribution in [0.15, 0.2) is 0 Å². The summed E-state index contributed by atoms with van der Waals surface area (Å²) in [4.78, 5) is 10.6. The van der Waals surface area contributed by atoms with Crippen molar-refractivity contribution in [2.24, 2.45) is 0 Å². The van der Waals surface area contributed by atoms with Crippen LogP contribution in [0.3, 0.4) is 0 Å². The van der Waals surface area contributed by atoms with Gasteiger partial charge in [-0.1, -0.05) is 0 Å². The maximum absolute atomic E-state index is 10.6. The lowest BCUT2D eigenvalue weighted by molar-refractivity contribution is -0.174. The normalized spacial score (nSPS) is 19.1. The Morgan fingerprint density at radius 2 is 1.60 bits per heavy atom. The predicted octanol–water partition coefficient (Wildman–Crippen LogP) is -3.01. The highest BCUT2D eigenvalue weighted by Gasteiger charge is 2.33. The van der Waals surface area contributed by atoms with Crippen LogP contribution in [0.4, 0.5) is 0 Å². The summed E-state index contributed by atoms with van der Waals surface area (Å²) in [5.41, 5.74) is 0. The standard InChI is InChI=1S/C8H16O7/c1-4(11)15-8(6(13)3-10)7(14)5(12)2-9/h5-10,12-14H,2-3H2,1H3/t5-,6+,7+,8+/m0/s1. The number of ether oxygens (including phenoxy) is 1. The molecule has 0 bridgehead atoms. The van der Waals surface area contributed by atoms with E-state index in [-0.39, 0.29) is 0 Å². The Labute approximate surface area is 86.5 Å². The monoisotopic (exact) mass is 224 g/mol. The zero-order valence-electron chi connectivity index (χ0n) is 8.28. The molecule has 0 aliphatic carbocycles. The van der Waals surface area contributed by atoms with E-state index in [2.05, 4.69) is 4.74 Å². The van der Waals surface area contributed by atoms with Gasteiger partial charge in [-0.25, -0.2) is 0 Å². The highest BCUT2D eigenvalue weighted by atomic mass is 16.6. The Morgan fingerprint density at radius 1 is 1.13 bits per heavy atom. The number of esters is 1. The van der Waals surface area contributed by atoms with Gasteiger partial charge in [-0.05, 0) is 0 Å². The molecule has 0 fully saturated rings. The molecule has 0 aromatic heterocycles. The summed E-state index contributed by atoms with van der Waals surface area (Å²) in [6.45, 7) is -0.445. The predicted molar refractivity (Wildman–Crippen MR) is 47.7 cm³/mol. The maximum Gasteiger partial charge on any atom is 0.303 e. The smallest absolute Gasteiger partial charge is 0.303 e. The quantitative estimate of drug-likeness (QED) is 0.304. The van der Waals surface area contributed by atoms with E-state index in [1.54, 1.807) is 0 Å². The van der Waals surface area contributed by atoms with E-state index in [1.165, 1.54) is 0 Å². The number of carbonyl (C=O) groups excluding carboxylic acids is 1. The van der Waals surface area contributed by atoms with Crippen LogP contribution in [-0.4, -0.2) is 69.1 Å². The molecule has 0 aliphatic heterocycles.